The predicted octanol–water partition coefficient (Wildman–Crippen LogP) is 3.05. The molecule has 0 aliphatic heterocycles. The van der Waals surface area contributed by atoms with Gasteiger partial charge in [-0.25, -0.2) is 8.78 Å². The van der Waals surface area contributed by atoms with Gasteiger partial charge in [0.05, 0.1) is 11.3 Å². The molecule has 0 aromatic heterocycles. The number of nitro groups is 1. The molecule has 0 saturated heterocycles. The minimum absolute atomic E-state index is 0.0453. The van der Waals surface area contributed by atoms with E-state index in [0.717, 1.165) is 12.1 Å². The van der Waals surface area contributed by atoms with Crippen LogP contribution in [-0.4, -0.2) is 10.8 Å². The van der Waals surface area contributed by atoms with Crippen molar-refractivity contribution in [2.24, 2.45) is 0 Å². The summed E-state index contributed by atoms with van der Waals surface area (Å²) in [6.07, 6.45) is -0.269. The number of para-hydroxylation sites is 1. The Kier molecular flexibility index (Phi) is 4.22. The number of hydrogen-bond acceptors (Lipinski definition) is 3. The Hall–Kier alpha value is -2.83. The van der Waals surface area contributed by atoms with Crippen LogP contribution in [0.25, 0.3) is 0 Å². The fourth-order valence-corrected chi connectivity index (χ4v) is 1.84. The number of carbonyl (C=O) groups excluding carboxylic acids is 1. The first-order chi connectivity index (χ1) is 9.95. The van der Waals surface area contributed by atoms with E-state index in [1.54, 1.807) is 6.07 Å². The van der Waals surface area contributed by atoms with E-state index in [9.17, 15) is 23.7 Å². The van der Waals surface area contributed by atoms with E-state index in [-0.39, 0.29) is 23.4 Å². The Morgan fingerprint density at radius 2 is 1.76 bits per heavy atom. The highest BCUT2D eigenvalue weighted by atomic mass is 19.1. The highest BCUT2D eigenvalue weighted by molar-refractivity contribution is 5.92. The largest absolute Gasteiger partial charge is 0.326 e. The zero-order valence-electron chi connectivity index (χ0n) is 10.7. The number of halogens is 2. The summed E-state index contributed by atoms with van der Waals surface area (Å²) >= 11 is 0. The van der Waals surface area contributed by atoms with Gasteiger partial charge >= 0.3 is 0 Å². The molecular weight excluding hydrogens is 282 g/mol. The second-order valence-electron chi connectivity index (χ2n) is 4.27. The molecule has 0 spiro atoms. The molecule has 108 valence electrons. The highest BCUT2D eigenvalue weighted by Crippen LogP contribution is 2.19. The zero-order valence-corrected chi connectivity index (χ0v) is 10.7. The summed E-state index contributed by atoms with van der Waals surface area (Å²) in [5, 5.41) is 13.1. The standard InChI is InChI=1S/C14H10F2N2O3/c15-10-6-11(16)8-12(7-10)17-14(19)5-9-3-1-2-4-13(9)18(20)21/h1-4,6-8H,5H2,(H,17,19). The van der Waals surface area contributed by atoms with Crippen molar-refractivity contribution in [3.8, 4) is 0 Å². The summed E-state index contributed by atoms with van der Waals surface area (Å²) in [7, 11) is 0. The molecule has 0 saturated carbocycles. The van der Waals surface area contributed by atoms with Crippen molar-refractivity contribution in [1.29, 1.82) is 0 Å². The predicted molar refractivity (Wildman–Crippen MR) is 71.8 cm³/mol. The summed E-state index contributed by atoms with van der Waals surface area (Å²) in [5.74, 6) is -2.25. The van der Waals surface area contributed by atoms with Crippen molar-refractivity contribution in [3.63, 3.8) is 0 Å². The van der Waals surface area contributed by atoms with Gasteiger partial charge in [-0.15, -0.1) is 0 Å². The van der Waals surface area contributed by atoms with Gasteiger partial charge in [0.25, 0.3) is 5.69 Å². The van der Waals surface area contributed by atoms with Gasteiger partial charge in [0.2, 0.25) is 5.91 Å². The Labute approximate surface area is 118 Å². The molecule has 1 amide bonds. The first kappa shape index (κ1) is 14.6. The molecule has 1 N–H and O–H groups in total. The maximum Gasteiger partial charge on any atom is 0.273 e. The smallest absolute Gasteiger partial charge is 0.273 e. The quantitative estimate of drug-likeness (QED) is 0.695. The van der Waals surface area contributed by atoms with Gasteiger partial charge in [0.15, 0.2) is 0 Å². The fourth-order valence-electron chi connectivity index (χ4n) is 1.84. The molecule has 2 rings (SSSR count). The summed E-state index contributed by atoms with van der Waals surface area (Å²) in [4.78, 5) is 22.0. The van der Waals surface area contributed by atoms with Crippen LogP contribution >= 0.6 is 0 Å². The second kappa shape index (κ2) is 6.08. The van der Waals surface area contributed by atoms with Crippen molar-refractivity contribution in [2.45, 2.75) is 6.42 Å². The van der Waals surface area contributed by atoms with Crippen LogP contribution in [0, 0.1) is 21.7 Å². The monoisotopic (exact) mass is 292 g/mol. The third-order valence-electron chi connectivity index (χ3n) is 2.69. The van der Waals surface area contributed by atoms with Crippen LogP contribution in [0.5, 0.6) is 0 Å². The minimum atomic E-state index is -0.823. The molecule has 2 aromatic rings. The highest BCUT2D eigenvalue weighted by Gasteiger charge is 2.15. The van der Waals surface area contributed by atoms with Gasteiger partial charge in [-0.1, -0.05) is 18.2 Å². The number of hydrogen-bond donors (Lipinski definition) is 1. The number of rotatable bonds is 4. The number of anilines is 1. The lowest BCUT2D eigenvalue weighted by Gasteiger charge is -2.06. The number of carbonyl (C=O) groups is 1. The van der Waals surface area contributed by atoms with E-state index in [1.807, 2.05) is 0 Å². The lowest BCUT2D eigenvalue weighted by Crippen LogP contribution is -2.15. The molecule has 7 heteroatoms. The topological polar surface area (TPSA) is 72.2 Å². The van der Waals surface area contributed by atoms with Crippen LogP contribution in [0.3, 0.4) is 0 Å². The second-order valence-corrected chi connectivity index (χ2v) is 4.27. The van der Waals surface area contributed by atoms with Crippen molar-refractivity contribution < 1.29 is 18.5 Å². The Bertz CT molecular complexity index is 684. The molecule has 0 heterocycles. The average molecular weight is 292 g/mol. The van der Waals surface area contributed by atoms with Crippen molar-refractivity contribution in [2.75, 3.05) is 5.32 Å². The SMILES string of the molecule is O=C(Cc1ccccc1[N+](=O)[O-])Nc1cc(F)cc(F)c1. The molecule has 5 nitrogen and oxygen atoms in total. The zero-order chi connectivity index (χ0) is 15.4. The summed E-state index contributed by atoms with van der Waals surface area (Å²) in [6, 6.07) is 8.38. The average Bonchev–Trinajstić information content (AvgIpc) is 2.37. The maximum absolute atomic E-state index is 13.0. The van der Waals surface area contributed by atoms with Gasteiger partial charge in [-0.2, -0.15) is 0 Å². The van der Waals surface area contributed by atoms with Crippen molar-refractivity contribution >= 4 is 17.3 Å². The summed E-state index contributed by atoms with van der Waals surface area (Å²) < 4.78 is 26.0. The molecular formula is C14H10F2N2O3. The van der Waals surface area contributed by atoms with E-state index >= 15 is 0 Å². The Balaban J connectivity index is 2.14. The van der Waals surface area contributed by atoms with Crippen LogP contribution in [-0.2, 0) is 11.2 Å². The van der Waals surface area contributed by atoms with Crippen molar-refractivity contribution in [3.05, 3.63) is 69.8 Å². The Morgan fingerprint density at radius 3 is 2.38 bits per heavy atom. The third-order valence-corrected chi connectivity index (χ3v) is 2.69. The molecule has 0 bridgehead atoms. The molecule has 0 unspecified atom stereocenters. The molecule has 0 radical (unpaired) electrons. The van der Waals surface area contributed by atoms with E-state index in [0.29, 0.717) is 6.07 Å². The molecule has 0 aliphatic carbocycles. The Morgan fingerprint density at radius 1 is 1.14 bits per heavy atom. The molecule has 21 heavy (non-hydrogen) atoms. The normalized spacial score (nSPS) is 10.2. The van der Waals surface area contributed by atoms with Crippen LogP contribution in [0.15, 0.2) is 42.5 Å². The van der Waals surface area contributed by atoms with Gasteiger partial charge in [0, 0.05) is 23.4 Å². The van der Waals surface area contributed by atoms with Crippen molar-refractivity contribution in [1.82, 2.24) is 0 Å². The number of nitrogens with zero attached hydrogens (tertiary/aromatic N) is 1. The van der Waals surface area contributed by atoms with E-state index in [1.165, 1.54) is 18.2 Å². The minimum Gasteiger partial charge on any atom is -0.326 e. The number of amides is 1. The lowest BCUT2D eigenvalue weighted by atomic mass is 10.1. The number of benzene rings is 2. The van der Waals surface area contributed by atoms with Gasteiger partial charge in [0.1, 0.15) is 11.6 Å². The number of nitrogens with one attached hydrogen (secondary N) is 1. The molecule has 2 aromatic carbocycles. The number of nitro benzene ring substituents is 1. The van der Waals surface area contributed by atoms with Gasteiger partial charge in [-0.05, 0) is 12.1 Å². The van der Waals surface area contributed by atoms with Gasteiger partial charge < -0.3 is 5.32 Å². The van der Waals surface area contributed by atoms with E-state index in [2.05, 4.69) is 5.32 Å². The van der Waals surface area contributed by atoms with Crippen LogP contribution in [0.2, 0.25) is 0 Å². The third kappa shape index (κ3) is 3.82. The summed E-state index contributed by atoms with van der Waals surface area (Å²) in [5.41, 5.74) is -0.00830. The van der Waals surface area contributed by atoms with Crippen LogP contribution in [0.4, 0.5) is 20.2 Å². The molecule has 0 atom stereocenters. The van der Waals surface area contributed by atoms with Crippen LogP contribution in [0.1, 0.15) is 5.56 Å². The first-order valence-corrected chi connectivity index (χ1v) is 5.94. The summed E-state index contributed by atoms with van der Waals surface area (Å²) in [6.45, 7) is 0. The fraction of sp³-hybridized carbons (Fsp3) is 0.0714. The maximum atomic E-state index is 13.0. The van der Waals surface area contributed by atoms with E-state index in [4.69, 9.17) is 0 Å². The van der Waals surface area contributed by atoms with Gasteiger partial charge in [-0.3, -0.25) is 14.9 Å². The van der Waals surface area contributed by atoms with Crippen LogP contribution < -0.4 is 5.32 Å². The lowest BCUT2D eigenvalue weighted by molar-refractivity contribution is -0.385. The molecule has 0 aliphatic rings. The van der Waals surface area contributed by atoms with E-state index < -0.39 is 22.5 Å². The first-order valence-electron chi connectivity index (χ1n) is 5.94. The molecule has 0 fully saturated rings.